The van der Waals surface area contributed by atoms with Crippen LogP contribution in [0.15, 0.2) is 53.7 Å². The van der Waals surface area contributed by atoms with E-state index in [2.05, 4.69) is 65.0 Å². The lowest BCUT2D eigenvalue weighted by Crippen LogP contribution is -2.51. The summed E-state index contributed by atoms with van der Waals surface area (Å²) < 4.78 is 21.7. The molecule has 4 aromatic rings. The highest BCUT2D eigenvalue weighted by atomic mass is 16.5. The highest BCUT2D eigenvalue weighted by Crippen LogP contribution is 2.47. The number of ether oxygens (including phenoxy) is 4. The Morgan fingerprint density at radius 2 is 1.65 bits per heavy atom. The molecule has 62 heavy (non-hydrogen) atoms. The van der Waals surface area contributed by atoms with Gasteiger partial charge in [-0.3, -0.25) is 14.6 Å². The van der Waals surface area contributed by atoms with Crippen molar-refractivity contribution in [2.45, 2.75) is 85.0 Å². The lowest BCUT2D eigenvalue weighted by molar-refractivity contribution is -0.135. The van der Waals surface area contributed by atoms with Crippen LogP contribution in [0.4, 0.5) is 15.3 Å². The Morgan fingerprint density at radius 3 is 2.35 bits per heavy atom. The number of methoxy groups -OCH3 is 3. The van der Waals surface area contributed by atoms with Crippen molar-refractivity contribution in [1.29, 1.82) is 0 Å². The normalized spacial score (nSPS) is 22.4. The summed E-state index contributed by atoms with van der Waals surface area (Å²) in [7, 11) is 4.30. The first kappa shape index (κ1) is 42.9. The predicted octanol–water partition coefficient (Wildman–Crippen LogP) is 7.95. The number of H-pyrrole nitrogens is 1. The largest absolute Gasteiger partial charge is 0.488 e. The number of hydrogen-bond donors (Lipinski definition) is 3. The fourth-order valence-electron chi connectivity index (χ4n) is 10.2. The summed E-state index contributed by atoms with van der Waals surface area (Å²) in [6, 6.07) is 13.3. The van der Waals surface area contributed by atoms with Crippen LogP contribution in [0.2, 0.25) is 0 Å². The van der Waals surface area contributed by atoms with Gasteiger partial charge in [-0.05, 0) is 100 Å². The summed E-state index contributed by atoms with van der Waals surface area (Å²) in [5.41, 5.74) is 8.03. The topological polar surface area (TPSA) is 174 Å². The Bertz CT molecular complexity index is 2420. The van der Waals surface area contributed by atoms with Crippen LogP contribution in [-0.2, 0) is 36.8 Å². The summed E-state index contributed by atoms with van der Waals surface area (Å²) in [6.07, 6.45) is 3.45. The van der Waals surface area contributed by atoms with Crippen molar-refractivity contribution in [3.8, 4) is 28.1 Å². The Kier molecular flexibility index (Phi) is 12.1. The maximum Gasteiger partial charge on any atom is 0.407 e. The maximum atomic E-state index is 14.2. The fraction of sp³-hybridized carbons (Fsp3) is 0.500. The molecule has 0 spiro atoms. The molecule has 3 aliphatic heterocycles. The highest BCUT2D eigenvalue weighted by Gasteiger charge is 2.45. The number of benzene rings is 3. The van der Waals surface area contributed by atoms with Gasteiger partial charge in [-0.15, -0.1) is 0 Å². The quantitative estimate of drug-likeness (QED) is 0.128. The minimum absolute atomic E-state index is 0.0167. The van der Waals surface area contributed by atoms with Gasteiger partial charge in [-0.25, -0.2) is 14.6 Å². The smallest absolute Gasteiger partial charge is 0.407 e. The standard InChI is InChI=1S/C48H58N6O8/c1-24(2)42(52-47(57)60-7)44(55)36-15-27(22-59-6)14-33(36)38-18-34-32-19-41-35(17-28(32)10-12-37(34)50-38)31-11-9-29(16-30(31)23-62-41)39-20-49-45(51-39)40-13-26(5)21-54(40)46(56)43(25(3)4)53-48(58)61-8/h9-12,16-17,19-20,24-27,33,36,40,42-43H,13-15,18,21-23H2,1-8H3,(H,49,51)(H,52,57)(H,53,58)/t26-,27-,33+,36?,40-,42-,43-/m0/s1. The van der Waals surface area contributed by atoms with Crippen LogP contribution in [0.25, 0.3) is 33.2 Å². The van der Waals surface area contributed by atoms with Gasteiger partial charge >= 0.3 is 12.2 Å². The Hall–Kier alpha value is -5.76. The molecular formula is C48H58N6O8. The van der Waals surface area contributed by atoms with Crippen LogP contribution in [0.3, 0.4) is 0 Å². The zero-order chi connectivity index (χ0) is 44.0. The van der Waals surface area contributed by atoms with Crippen molar-refractivity contribution in [1.82, 2.24) is 25.5 Å². The number of aromatic amines is 1. The number of aliphatic imine (C=N–C) groups is 1. The molecule has 1 saturated carbocycles. The summed E-state index contributed by atoms with van der Waals surface area (Å²) in [5, 5.41) is 7.69. The molecule has 1 unspecified atom stereocenters. The minimum Gasteiger partial charge on any atom is -0.488 e. The van der Waals surface area contributed by atoms with Crippen LogP contribution in [0.1, 0.15) is 76.9 Å². The molecule has 328 valence electrons. The van der Waals surface area contributed by atoms with Gasteiger partial charge in [0.1, 0.15) is 24.2 Å². The van der Waals surface area contributed by atoms with Gasteiger partial charge in [-0.2, -0.15) is 0 Å². The number of amides is 3. The number of carbonyl (C=O) groups is 4. The van der Waals surface area contributed by atoms with Gasteiger partial charge in [0.15, 0.2) is 5.78 Å². The average molecular weight is 847 g/mol. The molecule has 8 rings (SSSR count). The van der Waals surface area contributed by atoms with Gasteiger partial charge in [0.05, 0.1) is 43.9 Å². The first-order chi connectivity index (χ1) is 29.8. The molecule has 3 aromatic carbocycles. The molecular weight excluding hydrogens is 789 g/mol. The number of alkyl carbamates (subject to hydrolysis) is 2. The van der Waals surface area contributed by atoms with Gasteiger partial charge in [0.25, 0.3) is 0 Å². The molecule has 7 atom stereocenters. The number of hydrogen-bond acceptors (Lipinski definition) is 10. The molecule has 2 fully saturated rings. The number of likely N-dealkylation sites (tertiary alicyclic amines) is 1. The lowest BCUT2D eigenvalue weighted by Gasteiger charge is -2.30. The second-order valence-corrected chi connectivity index (χ2v) is 18.2. The number of fused-ring (bicyclic) bond motifs is 6. The minimum atomic E-state index is -0.713. The number of aromatic nitrogens is 2. The van der Waals surface area contributed by atoms with E-state index in [-0.39, 0.29) is 53.2 Å². The van der Waals surface area contributed by atoms with Crippen molar-refractivity contribution < 1.29 is 38.1 Å². The second kappa shape index (κ2) is 17.5. The molecule has 1 aliphatic carbocycles. The van der Waals surface area contributed by atoms with Crippen LogP contribution < -0.4 is 15.4 Å². The SMILES string of the molecule is COC[C@@H]1CC(C(=O)[C@@H](NC(=O)OC)C(C)C)[C@H](C2=Nc3ccc4cc5c(cc4c3C2)OCc2cc(-c3cnc([C@@H]4C[C@H](C)CN4C(=O)[C@@H](NC(=O)OC)C(C)C)[nH]3)ccc2-5)C1. The summed E-state index contributed by atoms with van der Waals surface area (Å²) >= 11 is 0. The van der Waals surface area contributed by atoms with Crippen molar-refractivity contribution in [2.24, 2.45) is 40.5 Å². The number of Topliss-reactive ketones (excluding diaryl/α,β-unsaturated/α-hetero) is 1. The summed E-state index contributed by atoms with van der Waals surface area (Å²) in [6.45, 7) is 11.3. The monoisotopic (exact) mass is 846 g/mol. The van der Waals surface area contributed by atoms with Crippen molar-refractivity contribution in [3.63, 3.8) is 0 Å². The van der Waals surface area contributed by atoms with E-state index in [1.54, 1.807) is 7.11 Å². The van der Waals surface area contributed by atoms with E-state index in [1.165, 1.54) is 14.2 Å². The maximum absolute atomic E-state index is 14.2. The third kappa shape index (κ3) is 8.16. The van der Waals surface area contributed by atoms with Crippen LogP contribution in [0, 0.1) is 35.5 Å². The number of rotatable bonds is 12. The molecule has 4 aliphatic rings. The fourth-order valence-corrected chi connectivity index (χ4v) is 10.2. The van der Waals surface area contributed by atoms with E-state index in [9.17, 15) is 19.2 Å². The number of ketones is 1. The van der Waals surface area contributed by atoms with E-state index in [0.29, 0.717) is 38.4 Å². The highest BCUT2D eigenvalue weighted by molar-refractivity contribution is 6.06. The average Bonchev–Trinajstić information content (AvgIpc) is 4.09. The van der Waals surface area contributed by atoms with E-state index >= 15 is 0 Å². The number of imidazole rings is 1. The Labute approximate surface area is 362 Å². The zero-order valence-corrected chi connectivity index (χ0v) is 36.9. The molecule has 14 nitrogen and oxygen atoms in total. The number of carbonyl (C=O) groups excluding carboxylic acids is 4. The summed E-state index contributed by atoms with van der Waals surface area (Å²) in [5.74, 6) is 1.28. The lowest BCUT2D eigenvalue weighted by atomic mass is 9.81. The second-order valence-electron chi connectivity index (χ2n) is 18.2. The number of nitrogens with zero attached hydrogens (tertiary/aromatic N) is 3. The third-order valence-corrected chi connectivity index (χ3v) is 13.3. The van der Waals surface area contributed by atoms with E-state index < -0.39 is 24.3 Å². The molecule has 0 radical (unpaired) electrons. The van der Waals surface area contributed by atoms with Crippen LogP contribution in [-0.4, -0.2) is 91.0 Å². The van der Waals surface area contributed by atoms with Crippen LogP contribution >= 0.6 is 0 Å². The van der Waals surface area contributed by atoms with Crippen molar-refractivity contribution >= 4 is 46.0 Å². The van der Waals surface area contributed by atoms with Crippen molar-refractivity contribution in [2.75, 3.05) is 34.5 Å². The van der Waals surface area contributed by atoms with Gasteiger partial charge in [0, 0.05) is 49.8 Å². The van der Waals surface area contributed by atoms with E-state index in [4.69, 9.17) is 28.9 Å². The Morgan fingerprint density at radius 1 is 0.903 bits per heavy atom. The van der Waals surface area contributed by atoms with Crippen LogP contribution in [0.5, 0.6) is 5.75 Å². The zero-order valence-electron chi connectivity index (χ0n) is 36.9. The molecule has 1 aromatic heterocycles. The van der Waals surface area contributed by atoms with Gasteiger partial charge < -0.3 is 39.5 Å². The predicted molar refractivity (Wildman–Crippen MR) is 235 cm³/mol. The summed E-state index contributed by atoms with van der Waals surface area (Å²) in [4.78, 5) is 67.6. The van der Waals surface area contributed by atoms with E-state index in [0.717, 1.165) is 74.3 Å². The van der Waals surface area contributed by atoms with Crippen molar-refractivity contribution in [3.05, 3.63) is 65.6 Å². The van der Waals surface area contributed by atoms with Gasteiger partial charge in [0.2, 0.25) is 5.91 Å². The van der Waals surface area contributed by atoms with E-state index in [1.807, 2.05) is 38.8 Å². The molecule has 4 heterocycles. The first-order valence-corrected chi connectivity index (χ1v) is 21.8. The first-order valence-electron chi connectivity index (χ1n) is 21.8. The Balaban J connectivity index is 1.02. The molecule has 14 heteroatoms. The molecule has 0 bridgehead atoms. The molecule has 3 amide bonds. The molecule has 1 saturated heterocycles. The third-order valence-electron chi connectivity index (χ3n) is 13.3. The van der Waals surface area contributed by atoms with Gasteiger partial charge in [-0.1, -0.05) is 52.8 Å². The molecule has 3 N–H and O–H groups in total. The number of nitrogens with one attached hydrogen (secondary N) is 3.